The number of benzene rings is 1. The third-order valence-electron chi connectivity index (χ3n) is 5.19. The molecule has 0 saturated carbocycles. The van der Waals surface area contributed by atoms with Gasteiger partial charge in [-0.1, -0.05) is 47.4 Å². The minimum atomic E-state index is -0.323. The van der Waals surface area contributed by atoms with Gasteiger partial charge < -0.3 is 9.47 Å². The molecule has 0 amide bonds. The lowest BCUT2D eigenvalue weighted by Gasteiger charge is -2.35. The highest BCUT2D eigenvalue weighted by Crippen LogP contribution is 2.57. The molecule has 1 aromatic carbocycles. The molecule has 1 aromatic rings. The monoisotopic (exact) mass is 390 g/mol. The van der Waals surface area contributed by atoms with E-state index in [1.807, 2.05) is 0 Å². The summed E-state index contributed by atoms with van der Waals surface area (Å²) in [5, 5.41) is 0.408. The molecule has 4 atom stereocenters. The van der Waals surface area contributed by atoms with Gasteiger partial charge in [0.2, 0.25) is 0 Å². The Bertz CT molecular complexity index is 562. The van der Waals surface area contributed by atoms with Crippen LogP contribution in [0.3, 0.4) is 0 Å². The predicted octanol–water partition coefficient (Wildman–Crippen LogP) is 5.11. The number of halogens is 3. The van der Waals surface area contributed by atoms with Gasteiger partial charge in [-0.25, -0.2) is 4.39 Å². The van der Waals surface area contributed by atoms with Gasteiger partial charge in [-0.05, 0) is 31.4 Å². The van der Waals surface area contributed by atoms with Gasteiger partial charge in [-0.3, -0.25) is 0 Å². The lowest BCUT2D eigenvalue weighted by atomic mass is 9.75. The summed E-state index contributed by atoms with van der Waals surface area (Å²) in [5.41, 5.74) is -0.0984. The first kappa shape index (κ1) is 16.7. The molecule has 22 heavy (non-hydrogen) atoms. The number of alkyl halides is 1. The zero-order valence-corrected chi connectivity index (χ0v) is 15.4. The van der Waals surface area contributed by atoms with Crippen LogP contribution in [0.2, 0.25) is 5.02 Å². The number of hydrogen-bond donors (Lipinski definition) is 0. The molecule has 0 radical (unpaired) electrons. The Balaban J connectivity index is 1.75. The molecule has 0 aromatic heterocycles. The van der Waals surface area contributed by atoms with Crippen LogP contribution in [0.5, 0.6) is 0 Å². The van der Waals surface area contributed by atoms with E-state index >= 15 is 0 Å². The molecular formula is C17H21BrClFO2. The van der Waals surface area contributed by atoms with Crippen LogP contribution in [0.1, 0.15) is 39.2 Å². The molecule has 3 rings (SSSR count). The van der Waals surface area contributed by atoms with E-state index in [0.717, 1.165) is 12.8 Å². The van der Waals surface area contributed by atoms with Crippen LogP contribution in [0.15, 0.2) is 18.2 Å². The van der Waals surface area contributed by atoms with Gasteiger partial charge in [-0.15, -0.1) is 0 Å². The van der Waals surface area contributed by atoms with Gasteiger partial charge in [0.25, 0.3) is 0 Å². The quantitative estimate of drug-likeness (QED) is 0.664. The second-order valence-corrected chi connectivity index (χ2v) is 8.41. The summed E-state index contributed by atoms with van der Waals surface area (Å²) < 4.78 is 26.3. The average molecular weight is 392 g/mol. The van der Waals surface area contributed by atoms with Crippen LogP contribution in [0.4, 0.5) is 4.39 Å². The van der Waals surface area contributed by atoms with E-state index < -0.39 is 0 Å². The van der Waals surface area contributed by atoms with Gasteiger partial charge >= 0.3 is 0 Å². The maximum Gasteiger partial charge on any atom is 0.130 e. The van der Waals surface area contributed by atoms with E-state index in [0.29, 0.717) is 21.3 Å². The molecule has 0 spiro atoms. The van der Waals surface area contributed by atoms with E-state index in [9.17, 15) is 4.39 Å². The summed E-state index contributed by atoms with van der Waals surface area (Å²) in [6.07, 6.45) is 1.68. The van der Waals surface area contributed by atoms with E-state index in [2.05, 4.69) is 36.7 Å². The maximum atomic E-state index is 13.9. The van der Waals surface area contributed by atoms with Gasteiger partial charge in [0.1, 0.15) is 5.82 Å². The number of rotatable bonds is 4. The van der Waals surface area contributed by atoms with Crippen molar-refractivity contribution in [2.45, 2.75) is 62.4 Å². The smallest absolute Gasteiger partial charge is 0.130 e. The summed E-state index contributed by atoms with van der Waals surface area (Å²) in [6.45, 7) is 6.62. The Morgan fingerprint density at radius 3 is 2.77 bits per heavy atom. The molecule has 2 aliphatic rings. The van der Waals surface area contributed by atoms with Crippen LogP contribution in [-0.4, -0.2) is 22.1 Å². The third kappa shape index (κ3) is 2.52. The second kappa shape index (κ2) is 5.73. The normalized spacial score (nSPS) is 37.2. The van der Waals surface area contributed by atoms with Gasteiger partial charge in [0, 0.05) is 21.8 Å². The van der Waals surface area contributed by atoms with Crippen molar-refractivity contribution in [1.29, 1.82) is 0 Å². The largest absolute Gasteiger partial charge is 0.370 e. The number of fused-ring (bicyclic) bond motifs is 2. The van der Waals surface area contributed by atoms with Gasteiger partial charge in [0.15, 0.2) is 0 Å². The molecule has 2 fully saturated rings. The van der Waals surface area contributed by atoms with Gasteiger partial charge in [0.05, 0.1) is 23.9 Å². The third-order valence-corrected chi connectivity index (χ3v) is 6.64. The molecule has 122 valence electrons. The fourth-order valence-electron chi connectivity index (χ4n) is 3.75. The Labute approximate surface area is 144 Å². The van der Waals surface area contributed by atoms with Crippen LogP contribution in [-0.2, 0) is 16.1 Å². The van der Waals surface area contributed by atoms with Crippen molar-refractivity contribution in [1.82, 2.24) is 0 Å². The van der Waals surface area contributed by atoms with Crippen molar-refractivity contribution in [2.75, 3.05) is 0 Å². The summed E-state index contributed by atoms with van der Waals surface area (Å²) in [7, 11) is 0. The molecule has 5 heteroatoms. The average Bonchev–Trinajstić information content (AvgIpc) is 2.86. The molecule has 2 nitrogen and oxygen atoms in total. The maximum absolute atomic E-state index is 13.9. The zero-order chi connectivity index (χ0) is 16.1. The first-order chi connectivity index (χ1) is 10.3. The minimum absolute atomic E-state index is 0.0422. The van der Waals surface area contributed by atoms with E-state index in [-0.39, 0.29) is 29.7 Å². The minimum Gasteiger partial charge on any atom is -0.370 e. The van der Waals surface area contributed by atoms with Gasteiger partial charge in [-0.2, -0.15) is 0 Å². The topological polar surface area (TPSA) is 18.5 Å². The van der Waals surface area contributed by atoms with Crippen molar-refractivity contribution < 1.29 is 13.9 Å². The van der Waals surface area contributed by atoms with E-state index in [1.165, 1.54) is 6.07 Å². The van der Waals surface area contributed by atoms with E-state index in [4.69, 9.17) is 21.1 Å². The number of hydrogen-bond acceptors (Lipinski definition) is 2. The number of ether oxygens (including phenoxy) is 2. The molecule has 2 heterocycles. The Kier molecular flexibility index (Phi) is 4.35. The Morgan fingerprint density at radius 2 is 2.18 bits per heavy atom. The molecule has 0 aliphatic carbocycles. The molecule has 2 saturated heterocycles. The molecule has 2 bridgehead atoms. The van der Waals surface area contributed by atoms with Crippen molar-refractivity contribution in [3.63, 3.8) is 0 Å². The predicted molar refractivity (Wildman–Crippen MR) is 89.0 cm³/mol. The van der Waals surface area contributed by atoms with Crippen LogP contribution < -0.4 is 0 Å². The second-order valence-electron chi connectivity index (χ2n) is 6.90. The lowest BCUT2D eigenvalue weighted by molar-refractivity contribution is -0.0957. The van der Waals surface area contributed by atoms with E-state index in [1.54, 1.807) is 12.1 Å². The highest BCUT2D eigenvalue weighted by Gasteiger charge is 2.65. The molecule has 2 aliphatic heterocycles. The summed E-state index contributed by atoms with van der Waals surface area (Å²) in [5.74, 6) is 0.0722. The summed E-state index contributed by atoms with van der Waals surface area (Å²) in [4.78, 5) is 0.335. The van der Waals surface area contributed by atoms with Crippen LogP contribution in [0.25, 0.3) is 0 Å². The molecule has 0 N–H and O–H groups in total. The van der Waals surface area contributed by atoms with Crippen LogP contribution >= 0.6 is 27.5 Å². The highest BCUT2D eigenvalue weighted by atomic mass is 79.9. The molecule has 0 unspecified atom stereocenters. The standard InChI is InChI=1S/C17H21BrClFO2/c1-10(2)17-8-15(16(3,22-17)7-14(17)18)21-9-11-12(19)5-4-6-13(11)20/h4-6,10,14-15H,7-9H2,1-3H3/t14-,15+,16-,17+/m1/s1. The molecular weight excluding hydrogens is 371 g/mol. The van der Waals surface area contributed by atoms with Crippen LogP contribution in [0, 0.1) is 11.7 Å². The van der Waals surface area contributed by atoms with Crippen molar-refractivity contribution in [3.05, 3.63) is 34.6 Å². The Morgan fingerprint density at radius 1 is 1.45 bits per heavy atom. The summed E-state index contributed by atoms with van der Waals surface area (Å²) >= 11 is 9.84. The SMILES string of the molecule is CC(C)[C@@]12C[C@H](OCc3c(F)cccc3Cl)[C@@](C)(C[C@H]1Br)O2. The Hall–Kier alpha value is -0.160. The first-order valence-corrected chi connectivity index (χ1v) is 8.96. The van der Waals surface area contributed by atoms with Crippen molar-refractivity contribution in [3.8, 4) is 0 Å². The van der Waals surface area contributed by atoms with Crippen molar-refractivity contribution in [2.24, 2.45) is 5.92 Å². The fourth-order valence-corrected chi connectivity index (χ4v) is 5.41. The fraction of sp³-hybridized carbons (Fsp3) is 0.647. The zero-order valence-electron chi connectivity index (χ0n) is 13.0. The first-order valence-electron chi connectivity index (χ1n) is 7.67. The highest BCUT2D eigenvalue weighted by molar-refractivity contribution is 9.09. The van der Waals surface area contributed by atoms with Crippen molar-refractivity contribution >= 4 is 27.5 Å². The summed E-state index contributed by atoms with van der Waals surface area (Å²) in [6, 6.07) is 4.70. The lowest BCUT2D eigenvalue weighted by Crippen LogP contribution is -2.44.